The van der Waals surface area contributed by atoms with E-state index in [9.17, 15) is 0 Å². The van der Waals surface area contributed by atoms with Crippen molar-refractivity contribution in [1.82, 2.24) is 15.4 Å². The number of aromatic nitrogens is 1. The molecule has 0 aliphatic rings. The molecule has 0 amide bonds. The van der Waals surface area contributed by atoms with E-state index >= 15 is 0 Å². The largest absolute Gasteiger partial charge is 0.360 e. The molecule has 0 aliphatic heterocycles. The standard InChI is InChI=1S/C12H21N3O/c1-5-6-15(10(2)3)9-12-7-11(8-13-4)14-16-12/h5,7,10,13H,1,6,8-9H2,2-4H3. The van der Waals surface area contributed by atoms with E-state index < -0.39 is 0 Å². The zero-order chi connectivity index (χ0) is 12.0. The van der Waals surface area contributed by atoms with Crippen molar-refractivity contribution in [2.24, 2.45) is 0 Å². The van der Waals surface area contributed by atoms with Crippen LogP contribution in [0, 0.1) is 0 Å². The van der Waals surface area contributed by atoms with Gasteiger partial charge in [-0.15, -0.1) is 6.58 Å². The van der Waals surface area contributed by atoms with Gasteiger partial charge in [0.2, 0.25) is 0 Å². The van der Waals surface area contributed by atoms with Crippen molar-refractivity contribution >= 4 is 0 Å². The molecule has 1 heterocycles. The Balaban J connectivity index is 2.58. The molecule has 0 aliphatic carbocycles. The van der Waals surface area contributed by atoms with Gasteiger partial charge in [0.15, 0.2) is 5.76 Å². The van der Waals surface area contributed by atoms with Crippen LogP contribution in [0.1, 0.15) is 25.3 Å². The predicted octanol–water partition coefficient (Wildman–Crippen LogP) is 1.79. The zero-order valence-electron chi connectivity index (χ0n) is 10.4. The molecule has 0 bridgehead atoms. The smallest absolute Gasteiger partial charge is 0.151 e. The second-order valence-electron chi connectivity index (χ2n) is 4.13. The zero-order valence-corrected chi connectivity index (χ0v) is 10.4. The molecule has 0 unspecified atom stereocenters. The summed E-state index contributed by atoms with van der Waals surface area (Å²) in [6.07, 6.45) is 1.91. The predicted molar refractivity (Wildman–Crippen MR) is 65.0 cm³/mol. The normalized spacial score (nSPS) is 11.3. The molecule has 0 fully saturated rings. The molecule has 1 aromatic rings. The van der Waals surface area contributed by atoms with Crippen molar-refractivity contribution < 1.29 is 4.52 Å². The fourth-order valence-electron chi connectivity index (χ4n) is 1.52. The molecule has 0 saturated heterocycles. The summed E-state index contributed by atoms with van der Waals surface area (Å²) in [5, 5.41) is 7.03. The maximum atomic E-state index is 5.28. The van der Waals surface area contributed by atoms with Crippen molar-refractivity contribution in [3.05, 3.63) is 30.2 Å². The summed E-state index contributed by atoms with van der Waals surface area (Å²) >= 11 is 0. The second-order valence-corrected chi connectivity index (χ2v) is 4.13. The third-order valence-electron chi connectivity index (χ3n) is 2.42. The Kier molecular flexibility index (Phi) is 5.22. The first-order chi connectivity index (χ1) is 7.67. The van der Waals surface area contributed by atoms with Gasteiger partial charge in [0.25, 0.3) is 0 Å². The van der Waals surface area contributed by atoms with E-state index in [0.29, 0.717) is 6.04 Å². The molecule has 16 heavy (non-hydrogen) atoms. The van der Waals surface area contributed by atoms with Crippen LogP contribution in [0.15, 0.2) is 23.2 Å². The van der Waals surface area contributed by atoms with Gasteiger partial charge in [-0.2, -0.15) is 0 Å². The topological polar surface area (TPSA) is 41.3 Å². The molecule has 1 aromatic heterocycles. The lowest BCUT2D eigenvalue weighted by Gasteiger charge is -2.23. The monoisotopic (exact) mass is 223 g/mol. The molecule has 4 heteroatoms. The summed E-state index contributed by atoms with van der Waals surface area (Å²) < 4.78 is 5.28. The fourth-order valence-corrected chi connectivity index (χ4v) is 1.52. The minimum Gasteiger partial charge on any atom is -0.360 e. The Morgan fingerprint density at radius 3 is 2.94 bits per heavy atom. The lowest BCUT2D eigenvalue weighted by Crippen LogP contribution is -2.30. The molecule has 0 atom stereocenters. The maximum Gasteiger partial charge on any atom is 0.151 e. The van der Waals surface area contributed by atoms with Crippen molar-refractivity contribution in [3.8, 4) is 0 Å². The van der Waals surface area contributed by atoms with Gasteiger partial charge in [0, 0.05) is 25.2 Å². The molecule has 0 spiro atoms. The van der Waals surface area contributed by atoms with E-state index in [1.807, 2.05) is 19.2 Å². The average Bonchev–Trinajstić information content (AvgIpc) is 2.65. The number of hydrogen-bond acceptors (Lipinski definition) is 4. The Bertz CT molecular complexity index is 320. The highest BCUT2D eigenvalue weighted by Gasteiger charge is 2.11. The first-order valence-corrected chi connectivity index (χ1v) is 5.61. The Morgan fingerprint density at radius 2 is 2.38 bits per heavy atom. The summed E-state index contributed by atoms with van der Waals surface area (Å²) in [6, 6.07) is 2.46. The Hall–Kier alpha value is -1.13. The van der Waals surface area contributed by atoms with Gasteiger partial charge >= 0.3 is 0 Å². The average molecular weight is 223 g/mol. The first kappa shape index (κ1) is 12.9. The molecular weight excluding hydrogens is 202 g/mol. The van der Waals surface area contributed by atoms with Gasteiger partial charge in [0.1, 0.15) is 0 Å². The summed E-state index contributed by atoms with van der Waals surface area (Å²) in [5.74, 6) is 0.904. The number of rotatable bonds is 7. The van der Waals surface area contributed by atoms with Gasteiger partial charge in [-0.05, 0) is 20.9 Å². The molecule has 1 rings (SSSR count). The highest BCUT2D eigenvalue weighted by molar-refractivity contribution is 5.05. The van der Waals surface area contributed by atoms with Crippen LogP contribution >= 0.6 is 0 Å². The van der Waals surface area contributed by atoms with Gasteiger partial charge in [0.05, 0.1) is 12.2 Å². The molecule has 0 saturated carbocycles. The summed E-state index contributed by atoms with van der Waals surface area (Å²) in [5.41, 5.74) is 0.944. The first-order valence-electron chi connectivity index (χ1n) is 5.61. The summed E-state index contributed by atoms with van der Waals surface area (Å²) in [6.45, 7) is 10.5. The second kappa shape index (κ2) is 6.45. The van der Waals surface area contributed by atoms with E-state index in [4.69, 9.17) is 4.52 Å². The van der Waals surface area contributed by atoms with Crippen molar-refractivity contribution in [2.75, 3.05) is 13.6 Å². The highest BCUT2D eigenvalue weighted by atomic mass is 16.5. The van der Waals surface area contributed by atoms with E-state index in [1.54, 1.807) is 0 Å². The van der Waals surface area contributed by atoms with Crippen molar-refractivity contribution in [2.45, 2.75) is 33.0 Å². The van der Waals surface area contributed by atoms with Gasteiger partial charge in [-0.25, -0.2) is 0 Å². The van der Waals surface area contributed by atoms with Crippen LogP contribution in [-0.4, -0.2) is 29.7 Å². The third kappa shape index (κ3) is 3.79. The molecule has 90 valence electrons. The van der Waals surface area contributed by atoms with Crippen LogP contribution in [0.3, 0.4) is 0 Å². The van der Waals surface area contributed by atoms with Crippen LogP contribution < -0.4 is 5.32 Å². The minimum atomic E-state index is 0.468. The molecule has 0 radical (unpaired) electrons. The molecule has 0 aromatic carbocycles. The third-order valence-corrected chi connectivity index (χ3v) is 2.42. The van der Waals surface area contributed by atoms with Crippen LogP contribution in [0.25, 0.3) is 0 Å². The van der Waals surface area contributed by atoms with Crippen LogP contribution in [0.5, 0.6) is 0 Å². The lowest BCUT2D eigenvalue weighted by molar-refractivity contribution is 0.208. The maximum absolute atomic E-state index is 5.28. The van der Waals surface area contributed by atoms with Gasteiger partial charge in [-0.3, -0.25) is 4.90 Å². The van der Waals surface area contributed by atoms with Crippen LogP contribution in [0.4, 0.5) is 0 Å². The highest BCUT2D eigenvalue weighted by Crippen LogP contribution is 2.09. The number of nitrogens with zero attached hydrogens (tertiary/aromatic N) is 2. The quantitative estimate of drug-likeness (QED) is 0.716. The van der Waals surface area contributed by atoms with Crippen molar-refractivity contribution in [1.29, 1.82) is 0 Å². The Labute approximate surface area is 97.3 Å². The van der Waals surface area contributed by atoms with Gasteiger partial charge < -0.3 is 9.84 Å². The SMILES string of the molecule is C=CCN(Cc1cc(CNC)no1)C(C)C. The van der Waals surface area contributed by atoms with E-state index in [1.165, 1.54) is 0 Å². The molecule has 4 nitrogen and oxygen atoms in total. The van der Waals surface area contributed by atoms with Crippen molar-refractivity contribution in [3.63, 3.8) is 0 Å². The Morgan fingerprint density at radius 1 is 1.62 bits per heavy atom. The minimum absolute atomic E-state index is 0.468. The number of nitrogens with one attached hydrogen (secondary N) is 1. The summed E-state index contributed by atoms with van der Waals surface area (Å²) in [7, 11) is 1.90. The fraction of sp³-hybridized carbons (Fsp3) is 0.583. The number of hydrogen-bond donors (Lipinski definition) is 1. The van der Waals surface area contributed by atoms with E-state index in [2.05, 4.69) is 35.8 Å². The van der Waals surface area contributed by atoms with Gasteiger partial charge in [-0.1, -0.05) is 11.2 Å². The summed E-state index contributed by atoms with van der Waals surface area (Å²) in [4.78, 5) is 2.27. The van der Waals surface area contributed by atoms with Crippen LogP contribution in [0.2, 0.25) is 0 Å². The molecule has 1 N–H and O–H groups in total. The lowest BCUT2D eigenvalue weighted by atomic mass is 10.2. The van der Waals surface area contributed by atoms with E-state index in [0.717, 1.165) is 31.1 Å². The molecular formula is C12H21N3O. The van der Waals surface area contributed by atoms with E-state index in [-0.39, 0.29) is 0 Å². The van der Waals surface area contributed by atoms with Crippen LogP contribution in [-0.2, 0) is 13.1 Å².